The Morgan fingerprint density at radius 1 is 1.41 bits per heavy atom. The van der Waals surface area contributed by atoms with Crippen molar-refractivity contribution in [1.82, 2.24) is 10.2 Å². The summed E-state index contributed by atoms with van der Waals surface area (Å²) in [6.07, 6.45) is 0. The topological polar surface area (TPSA) is 81.3 Å². The zero-order valence-electron chi connectivity index (χ0n) is 9.54. The van der Waals surface area contributed by atoms with E-state index in [-0.39, 0.29) is 11.8 Å². The number of methoxy groups -OCH3 is 1. The Labute approximate surface area is 103 Å². The lowest BCUT2D eigenvalue weighted by atomic mass is 10.2. The molecule has 0 saturated heterocycles. The summed E-state index contributed by atoms with van der Waals surface area (Å²) < 4.78 is 4.98. The smallest absolute Gasteiger partial charge is 0.160 e. The van der Waals surface area contributed by atoms with E-state index < -0.39 is 0 Å². The van der Waals surface area contributed by atoms with Crippen molar-refractivity contribution in [3.63, 3.8) is 0 Å². The van der Waals surface area contributed by atoms with Gasteiger partial charge in [0.05, 0.1) is 13.2 Å². The van der Waals surface area contributed by atoms with Gasteiger partial charge in [-0.05, 0) is 25.1 Å². The Kier molecular flexibility index (Phi) is 3.26. The number of hydrogen-bond donors (Lipinski definition) is 2. The second-order valence-corrected chi connectivity index (χ2v) is 4.63. The number of aromatic hydroxyl groups is 1. The molecule has 5 nitrogen and oxygen atoms in total. The lowest BCUT2D eigenvalue weighted by molar-refractivity contribution is 0.373. The van der Waals surface area contributed by atoms with Crippen molar-refractivity contribution >= 4 is 11.3 Å². The molecule has 0 amide bonds. The molecule has 0 aliphatic rings. The molecular formula is C11H13N3O2S. The fourth-order valence-electron chi connectivity index (χ4n) is 1.36. The number of aromatic nitrogens is 2. The predicted molar refractivity (Wildman–Crippen MR) is 66.2 cm³/mol. The molecular weight excluding hydrogens is 238 g/mol. The molecule has 0 aliphatic heterocycles. The Bertz CT molecular complexity index is 525. The standard InChI is InChI=1S/C11H13N3O2S/c1-6(12)10-13-14-11(17-10)7-3-4-9(16-2)8(15)5-7/h3-6,15H,12H2,1-2H3. The van der Waals surface area contributed by atoms with Gasteiger partial charge >= 0.3 is 0 Å². The van der Waals surface area contributed by atoms with Gasteiger partial charge in [-0.3, -0.25) is 0 Å². The van der Waals surface area contributed by atoms with E-state index in [1.54, 1.807) is 12.1 Å². The minimum absolute atomic E-state index is 0.0857. The maximum atomic E-state index is 9.68. The minimum Gasteiger partial charge on any atom is -0.504 e. The Morgan fingerprint density at radius 3 is 2.71 bits per heavy atom. The largest absolute Gasteiger partial charge is 0.504 e. The number of rotatable bonds is 3. The van der Waals surface area contributed by atoms with Gasteiger partial charge in [0.1, 0.15) is 10.0 Å². The van der Waals surface area contributed by atoms with E-state index in [0.717, 1.165) is 15.6 Å². The van der Waals surface area contributed by atoms with Crippen molar-refractivity contribution in [2.45, 2.75) is 13.0 Å². The summed E-state index contributed by atoms with van der Waals surface area (Å²) in [6.45, 7) is 1.86. The van der Waals surface area contributed by atoms with Crippen molar-refractivity contribution in [3.8, 4) is 22.1 Å². The number of benzene rings is 1. The lowest BCUT2D eigenvalue weighted by Crippen LogP contribution is -2.03. The first-order chi connectivity index (χ1) is 8.11. The molecule has 6 heteroatoms. The molecule has 0 bridgehead atoms. The molecule has 1 unspecified atom stereocenters. The van der Waals surface area contributed by atoms with Crippen LogP contribution in [0.3, 0.4) is 0 Å². The highest BCUT2D eigenvalue weighted by molar-refractivity contribution is 7.14. The van der Waals surface area contributed by atoms with Gasteiger partial charge < -0.3 is 15.6 Å². The van der Waals surface area contributed by atoms with Crippen LogP contribution in [0.1, 0.15) is 18.0 Å². The summed E-state index contributed by atoms with van der Waals surface area (Å²) in [4.78, 5) is 0. The maximum absolute atomic E-state index is 9.68. The SMILES string of the molecule is COc1ccc(-c2nnc(C(C)N)s2)cc1O. The molecule has 2 aromatic rings. The van der Waals surface area contributed by atoms with Gasteiger partial charge in [0.2, 0.25) is 0 Å². The van der Waals surface area contributed by atoms with E-state index in [0.29, 0.717) is 5.75 Å². The van der Waals surface area contributed by atoms with Crippen LogP contribution >= 0.6 is 11.3 Å². The molecule has 17 heavy (non-hydrogen) atoms. The normalized spacial score (nSPS) is 12.4. The number of phenols is 1. The van der Waals surface area contributed by atoms with Crippen molar-refractivity contribution in [2.75, 3.05) is 7.11 Å². The van der Waals surface area contributed by atoms with Crippen LogP contribution in [-0.2, 0) is 0 Å². The number of hydrogen-bond acceptors (Lipinski definition) is 6. The Morgan fingerprint density at radius 2 is 2.18 bits per heavy atom. The zero-order chi connectivity index (χ0) is 12.4. The fraction of sp³-hybridized carbons (Fsp3) is 0.273. The molecule has 1 atom stereocenters. The predicted octanol–water partition coefficient (Wildman–Crippen LogP) is 1.94. The van der Waals surface area contributed by atoms with Crippen LogP contribution in [0.25, 0.3) is 10.6 Å². The highest BCUT2D eigenvalue weighted by Crippen LogP contribution is 2.33. The Balaban J connectivity index is 2.36. The molecule has 2 rings (SSSR count). The van der Waals surface area contributed by atoms with Crippen molar-refractivity contribution < 1.29 is 9.84 Å². The number of nitrogens with zero attached hydrogens (tertiary/aromatic N) is 2. The van der Waals surface area contributed by atoms with Crippen LogP contribution < -0.4 is 10.5 Å². The summed E-state index contributed by atoms with van der Waals surface area (Å²) in [5.74, 6) is 0.522. The molecule has 3 N–H and O–H groups in total. The van der Waals surface area contributed by atoms with Gasteiger partial charge in [-0.1, -0.05) is 11.3 Å². The molecule has 1 heterocycles. The van der Waals surface area contributed by atoms with Gasteiger partial charge in [-0.2, -0.15) is 0 Å². The first-order valence-electron chi connectivity index (χ1n) is 5.08. The average molecular weight is 251 g/mol. The van der Waals surface area contributed by atoms with Crippen molar-refractivity contribution in [1.29, 1.82) is 0 Å². The quantitative estimate of drug-likeness (QED) is 0.871. The summed E-state index contributed by atoms with van der Waals surface area (Å²) in [5.41, 5.74) is 6.52. The van der Waals surface area contributed by atoms with E-state index in [4.69, 9.17) is 10.5 Å². The number of ether oxygens (including phenoxy) is 1. The van der Waals surface area contributed by atoms with Crippen LogP contribution in [0, 0.1) is 0 Å². The van der Waals surface area contributed by atoms with Crippen LogP contribution in [0.2, 0.25) is 0 Å². The Hall–Kier alpha value is -1.66. The minimum atomic E-state index is -0.131. The summed E-state index contributed by atoms with van der Waals surface area (Å²) in [5, 5.41) is 19.2. The molecule has 90 valence electrons. The van der Waals surface area contributed by atoms with E-state index in [1.165, 1.54) is 18.4 Å². The zero-order valence-corrected chi connectivity index (χ0v) is 10.4. The number of nitrogens with two attached hydrogens (primary N) is 1. The van der Waals surface area contributed by atoms with Gasteiger partial charge in [-0.15, -0.1) is 10.2 Å². The summed E-state index contributed by atoms with van der Waals surface area (Å²) >= 11 is 1.42. The molecule has 1 aromatic carbocycles. The van der Waals surface area contributed by atoms with Crippen molar-refractivity contribution in [3.05, 3.63) is 23.2 Å². The average Bonchev–Trinajstić information content (AvgIpc) is 2.78. The first-order valence-corrected chi connectivity index (χ1v) is 5.90. The monoisotopic (exact) mass is 251 g/mol. The second-order valence-electron chi connectivity index (χ2n) is 3.62. The molecule has 0 radical (unpaired) electrons. The highest BCUT2D eigenvalue weighted by atomic mass is 32.1. The van der Waals surface area contributed by atoms with Crippen LogP contribution in [-0.4, -0.2) is 22.4 Å². The molecule has 1 aromatic heterocycles. The van der Waals surface area contributed by atoms with E-state index in [9.17, 15) is 5.11 Å². The third-order valence-electron chi connectivity index (χ3n) is 2.26. The second kappa shape index (κ2) is 4.68. The molecule has 0 saturated carbocycles. The molecule has 0 spiro atoms. The third-order valence-corrected chi connectivity index (χ3v) is 3.43. The fourth-order valence-corrected chi connectivity index (χ4v) is 2.15. The van der Waals surface area contributed by atoms with Crippen LogP contribution in [0.15, 0.2) is 18.2 Å². The van der Waals surface area contributed by atoms with Gasteiger partial charge in [-0.25, -0.2) is 0 Å². The van der Waals surface area contributed by atoms with Gasteiger partial charge in [0, 0.05) is 5.56 Å². The highest BCUT2D eigenvalue weighted by Gasteiger charge is 2.11. The van der Waals surface area contributed by atoms with Gasteiger partial charge in [0.15, 0.2) is 11.5 Å². The van der Waals surface area contributed by atoms with Crippen LogP contribution in [0.5, 0.6) is 11.5 Å². The number of phenolic OH excluding ortho intramolecular Hbond substituents is 1. The molecule has 0 aliphatic carbocycles. The molecule has 0 fully saturated rings. The third kappa shape index (κ3) is 2.37. The van der Waals surface area contributed by atoms with E-state index >= 15 is 0 Å². The van der Waals surface area contributed by atoms with Gasteiger partial charge in [0.25, 0.3) is 0 Å². The maximum Gasteiger partial charge on any atom is 0.160 e. The lowest BCUT2D eigenvalue weighted by Gasteiger charge is -2.03. The van der Waals surface area contributed by atoms with E-state index in [2.05, 4.69) is 10.2 Å². The summed E-state index contributed by atoms with van der Waals surface area (Å²) in [6, 6.07) is 4.99. The van der Waals surface area contributed by atoms with Crippen molar-refractivity contribution in [2.24, 2.45) is 5.73 Å². The van der Waals surface area contributed by atoms with E-state index in [1.807, 2.05) is 13.0 Å². The first kappa shape index (κ1) is 11.8. The van der Waals surface area contributed by atoms with Crippen LogP contribution in [0.4, 0.5) is 0 Å². The summed E-state index contributed by atoms with van der Waals surface area (Å²) in [7, 11) is 1.51.